The van der Waals surface area contributed by atoms with E-state index in [-0.39, 0.29) is 10.8 Å². The summed E-state index contributed by atoms with van der Waals surface area (Å²) in [5.41, 5.74) is 0.188. The second-order valence-corrected chi connectivity index (χ2v) is 7.55. The van der Waals surface area contributed by atoms with Gasteiger partial charge in [-0.25, -0.2) is 18.2 Å². The van der Waals surface area contributed by atoms with Gasteiger partial charge in [0.15, 0.2) is 0 Å². The third kappa shape index (κ3) is 2.86. The molecule has 2 fully saturated rings. The molecule has 7 nitrogen and oxygen atoms in total. The van der Waals surface area contributed by atoms with Gasteiger partial charge in [-0.05, 0) is 25.0 Å². The molecule has 0 unspecified atom stereocenters. The highest BCUT2D eigenvalue weighted by molar-refractivity contribution is 7.90. The van der Waals surface area contributed by atoms with Crippen LogP contribution in [0.2, 0.25) is 0 Å². The topological polar surface area (TPSA) is 90.8 Å². The van der Waals surface area contributed by atoms with Crippen LogP contribution in [0.4, 0.5) is 5.82 Å². The van der Waals surface area contributed by atoms with Crippen molar-refractivity contribution in [3.63, 3.8) is 0 Å². The van der Waals surface area contributed by atoms with Crippen molar-refractivity contribution in [2.75, 3.05) is 31.1 Å². The Morgan fingerprint density at radius 1 is 1.24 bits per heavy atom. The summed E-state index contributed by atoms with van der Waals surface area (Å²) in [5, 5.41) is 8.81. The average Bonchev–Trinajstić information content (AvgIpc) is 3.32. The van der Waals surface area contributed by atoms with Gasteiger partial charge >= 0.3 is 5.97 Å². The number of aromatic carboxylic acids is 1. The van der Waals surface area contributed by atoms with E-state index in [1.54, 1.807) is 4.31 Å². The number of rotatable bonds is 4. The Morgan fingerprint density at radius 2 is 1.90 bits per heavy atom. The van der Waals surface area contributed by atoms with Gasteiger partial charge in [-0.1, -0.05) is 0 Å². The molecule has 0 atom stereocenters. The molecule has 114 valence electrons. The number of aromatic nitrogens is 1. The Kier molecular flexibility index (Phi) is 3.58. The van der Waals surface area contributed by atoms with Crippen LogP contribution < -0.4 is 4.90 Å². The minimum absolute atomic E-state index is 0.183. The smallest absolute Gasteiger partial charge is 0.335 e. The molecule has 0 radical (unpaired) electrons. The number of pyridine rings is 1. The van der Waals surface area contributed by atoms with Crippen molar-refractivity contribution >= 4 is 21.8 Å². The molecule has 0 bridgehead atoms. The van der Waals surface area contributed by atoms with E-state index in [1.807, 2.05) is 4.90 Å². The summed E-state index contributed by atoms with van der Waals surface area (Å²) in [5.74, 6) is -0.410. The molecule has 8 heteroatoms. The molecule has 21 heavy (non-hydrogen) atoms. The molecule has 0 aromatic carbocycles. The molecule has 2 aliphatic rings. The van der Waals surface area contributed by atoms with Crippen molar-refractivity contribution in [1.29, 1.82) is 0 Å². The fourth-order valence-corrected chi connectivity index (χ4v) is 4.30. The highest BCUT2D eigenvalue weighted by Crippen LogP contribution is 2.31. The van der Waals surface area contributed by atoms with E-state index in [0.717, 1.165) is 12.8 Å². The number of carbonyl (C=O) groups is 1. The zero-order valence-corrected chi connectivity index (χ0v) is 12.3. The van der Waals surface area contributed by atoms with E-state index >= 15 is 0 Å². The van der Waals surface area contributed by atoms with Gasteiger partial charge in [0.1, 0.15) is 5.82 Å². The van der Waals surface area contributed by atoms with Crippen molar-refractivity contribution in [3.05, 3.63) is 23.9 Å². The van der Waals surface area contributed by atoms with Gasteiger partial charge in [0.05, 0.1) is 10.8 Å². The highest BCUT2D eigenvalue weighted by atomic mass is 32.2. The lowest BCUT2D eigenvalue weighted by atomic mass is 10.2. The first-order valence-electron chi connectivity index (χ1n) is 6.92. The number of carboxylic acid groups (broad SMARTS) is 1. The summed E-state index contributed by atoms with van der Waals surface area (Å²) in [6.45, 7) is 1.92. The molecule has 1 aliphatic carbocycles. The lowest BCUT2D eigenvalue weighted by Gasteiger charge is -2.34. The number of carboxylic acids is 1. The number of piperazine rings is 1. The second-order valence-electron chi connectivity index (χ2n) is 5.34. The van der Waals surface area contributed by atoms with Gasteiger partial charge in [-0.15, -0.1) is 0 Å². The monoisotopic (exact) mass is 311 g/mol. The third-order valence-electron chi connectivity index (χ3n) is 3.86. The second kappa shape index (κ2) is 5.27. The summed E-state index contributed by atoms with van der Waals surface area (Å²) in [6, 6.07) is 2.97. The maximum atomic E-state index is 12.1. The van der Waals surface area contributed by atoms with E-state index in [1.165, 1.54) is 18.3 Å². The van der Waals surface area contributed by atoms with Crippen molar-refractivity contribution < 1.29 is 18.3 Å². The maximum Gasteiger partial charge on any atom is 0.335 e. The molecular weight excluding hydrogens is 294 g/mol. The number of anilines is 1. The summed E-state index contributed by atoms with van der Waals surface area (Å²) >= 11 is 0. The molecular formula is C13H17N3O4S. The number of sulfonamides is 1. The third-order valence-corrected chi connectivity index (χ3v) is 6.26. The SMILES string of the molecule is O=C(O)c1ccnc(N2CCN(S(=O)(=O)C3CC3)CC2)c1. The Bertz CT molecular complexity index is 649. The van der Waals surface area contributed by atoms with Gasteiger partial charge in [-0.3, -0.25) is 0 Å². The van der Waals surface area contributed by atoms with Crippen LogP contribution in [0.5, 0.6) is 0 Å². The first-order valence-corrected chi connectivity index (χ1v) is 8.42. The van der Waals surface area contributed by atoms with E-state index in [4.69, 9.17) is 5.11 Å². The Hall–Kier alpha value is -1.67. The van der Waals surface area contributed by atoms with Crippen molar-refractivity contribution in [3.8, 4) is 0 Å². The van der Waals surface area contributed by atoms with Crippen LogP contribution in [0.3, 0.4) is 0 Å². The lowest BCUT2D eigenvalue weighted by molar-refractivity contribution is 0.0696. The van der Waals surface area contributed by atoms with Crippen molar-refractivity contribution in [2.24, 2.45) is 0 Å². The number of hydrogen-bond acceptors (Lipinski definition) is 5. The molecule has 1 saturated carbocycles. The molecule has 1 saturated heterocycles. The molecule has 1 aliphatic heterocycles. The minimum Gasteiger partial charge on any atom is -0.478 e. The Morgan fingerprint density at radius 3 is 2.48 bits per heavy atom. The quantitative estimate of drug-likeness (QED) is 0.865. The van der Waals surface area contributed by atoms with Crippen molar-refractivity contribution in [1.82, 2.24) is 9.29 Å². The number of nitrogens with zero attached hydrogens (tertiary/aromatic N) is 3. The fourth-order valence-electron chi connectivity index (χ4n) is 2.47. The zero-order chi connectivity index (χ0) is 15.0. The maximum absolute atomic E-state index is 12.1. The zero-order valence-electron chi connectivity index (χ0n) is 11.5. The van der Waals surface area contributed by atoms with Gasteiger partial charge in [-0.2, -0.15) is 4.31 Å². The van der Waals surface area contributed by atoms with Gasteiger partial charge in [0.25, 0.3) is 0 Å². The van der Waals surface area contributed by atoms with Crippen LogP contribution in [-0.2, 0) is 10.0 Å². The Labute approximate surface area is 123 Å². The fraction of sp³-hybridized carbons (Fsp3) is 0.538. The molecule has 0 spiro atoms. The van der Waals surface area contributed by atoms with Gasteiger partial charge in [0.2, 0.25) is 10.0 Å². The predicted octanol–water partition coefficient (Wildman–Crippen LogP) is 0.394. The minimum atomic E-state index is -3.12. The van der Waals surface area contributed by atoms with E-state index in [2.05, 4.69) is 4.98 Å². The van der Waals surface area contributed by atoms with Crippen LogP contribution in [0.25, 0.3) is 0 Å². The normalized spacial score (nSPS) is 20.5. The largest absolute Gasteiger partial charge is 0.478 e. The first kappa shape index (κ1) is 14.3. The molecule has 2 heterocycles. The van der Waals surface area contributed by atoms with Crippen LogP contribution in [0.15, 0.2) is 18.3 Å². The summed E-state index contributed by atoms with van der Waals surface area (Å²) in [6.07, 6.45) is 3.00. The van der Waals surface area contributed by atoms with Crippen molar-refractivity contribution in [2.45, 2.75) is 18.1 Å². The molecule has 1 aromatic heterocycles. The van der Waals surface area contributed by atoms with Crippen LogP contribution in [0.1, 0.15) is 23.2 Å². The van der Waals surface area contributed by atoms with E-state index in [9.17, 15) is 13.2 Å². The number of hydrogen-bond donors (Lipinski definition) is 1. The van der Waals surface area contributed by atoms with E-state index < -0.39 is 16.0 Å². The summed E-state index contributed by atoms with van der Waals surface area (Å²) in [4.78, 5) is 17.1. The van der Waals surface area contributed by atoms with E-state index in [0.29, 0.717) is 32.0 Å². The standard InChI is InChI=1S/C13H17N3O4S/c17-13(18)10-3-4-14-12(9-10)15-5-7-16(8-6-15)21(19,20)11-1-2-11/h3-4,9,11H,1-2,5-8H2,(H,17,18). The van der Waals surface area contributed by atoms with Crippen LogP contribution in [0, 0.1) is 0 Å². The average molecular weight is 311 g/mol. The summed E-state index contributed by atoms with van der Waals surface area (Å²) in [7, 11) is -3.12. The predicted molar refractivity (Wildman–Crippen MR) is 76.9 cm³/mol. The highest BCUT2D eigenvalue weighted by Gasteiger charge is 2.41. The van der Waals surface area contributed by atoms with Gasteiger partial charge < -0.3 is 10.0 Å². The van der Waals surface area contributed by atoms with Gasteiger partial charge in [0, 0.05) is 32.4 Å². The summed E-state index contributed by atoms with van der Waals surface area (Å²) < 4.78 is 25.8. The molecule has 3 rings (SSSR count). The molecule has 1 aromatic rings. The van der Waals surface area contributed by atoms with Crippen LogP contribution in [-0.4, -0.2) is 60.2 Å². The molecule has 0 amide bonds. The molecule has 1 N–H and O–H groups in total. The Balaban J connectivity index is 1.68. The first-order chi connectivity index (χ1) is 9.98. The van der Waals surface area contributed by atoms with Crippen LogP contribution >= 0.6 is 0 Å². The lowest BCUT2D eigenvalue weighted by Crippen LogP contribution is -2.49.